The average Bonchev–Trinajstić information content (AvgIpc) is 2.78. The number of para-hydroxylation sites is 1. The second kappa shape index (κ2) is 6.21. The van der Waals surface area contributed by atoms with Gasteiger partial charge in [-0.1, -0.05) is 18.2 Å². The molecule has 0 aliphatic rings. The summed E-state index contributed by atoms with van der Waals surface area (Å²) in [6, 6.07) is 7.41. The topological polar surface area (TPSA) is 87.8 Å². The first-order valence-electron chi connectivity index (χ1n) is 6.52. The minimum absolute atomic E-state index is 0.164. The summed E-state index contributed by atoms with van der Waals surface area (Å²) in [5.41, 5.74) is 1.54. The van der Waals surface area contributed by atoms with Crippen molar-refractivity contribution in [2.75, 3.05) is 25.5 Å². The number of esters is 1. The first-order valence-corrected chi connectivity index (χ1v) is 6.52. The molecule has 0 unspecified atom stereocenters. The highest BCUT2D eigenvalue weighted by atomic mass is 16.5. The molecule has 1 amide bonds. The number of hydrogen-bond donors (Lipinski definition) is 3. The highest BCUT2D eigenvalue weighted by molar-refractivity contribution is 6.11. The van der Waals surface area contributed by atoms with Crippen molar-refractivity contribution >= 4 is 28.5 Å². The predicted molar refractivity (Wildman–Crippen MR) is 75.6 cm³/mol. The highest BCUT2D eigenvalue weighted by Crippen LogP contribution is 2.28. The number of carbonyl (C=O) groups excluding carboxylic acids is 2. The van der Waals surface area contributed by atoms with E-state index in [-0.39, 0.29) is 18.2 Å². The molecule has 0 saturated heterocycles. The minimum Gasteiger partial charge on any atom is -0.461 e. The summed E-state index contributed by atoms with van der Waals surface area (Å²) in [7, 11) is 1.81. The number of nitrogens with two attached hydrogens (primary N) is 1. The van der Waals surface area contributed by atoms with Crippen LogP contribution in [0.4, 0.5) is 5.69 Å². The summed E-state index contributed by atoms with van der Waals surface area (Å²) < 4.78 is 5.01. The van der Waals surface area contributed by atoms with Gasteiger partial charge in [-0.3, -0.25) is 4.79 Å². The zero-order valence-electron chi connectivity index (χ0n) is 11.5. The Morgan fingerprint density at radius 1 is 1.35 bits per heavy atom. The summed E-state index contributed by atoms with van der Waals surface area (Å²) in [4.78, 5) is 26.7. The van der Waals surface area contributed by atoms with E-state index < -0.39 is 5.97 Å². The molecule has 1 aromatic heterocycles. The van der Waals surface area contributed by atoms with Crippen molar-refractivity contribution in [3.05, 3.63) is 30.0 Å². The molecule has 2 aromatic rings. The number of aromatic amines is 1. The van der Waals surface area contributed by atoms with Crippen LogP contribution in [0.5, 0.6) is 0 Å². The van der Waals surface area contributed by atoms with Crippen molar-refractivity contribution in [1.82, 2.24) is 4.98 Å². The molecular weight excluding hydrogens is 258 g/mol. The van der Waals surface area contributed by atoms with E-state index in [1.54, 1.807) is 19.3 Å². The van der Waals surface area contributed by atoms with Gasteiger partial charge in [0.05, 0.1) is 19.3 Å². The standard InChI is InChI=1S/C14H17N3O3/c1-3-20-14(19)13-12(17-11(18)8-15-2)9-6-4-5-7-10(9)16-13/h4-7,15-16H,3,8H2,1-2H3,(H,17,18)/p+1. The second-order valence-corrected chi connectivity index (χ2v) is 4.30. The fourth-order valence-electron chi connectivity index (χ4n) is 2.00. The van der Waals surface area contributed by atoms with Crippen LogP contribution < -0.4 is 10.6 Å². The molecule has 0 fully saturated rings. The number of carbonyl (C=O) groups is 2. The monoisotopic (exact) mass is 276 g/mol. The van der Waals surface area contributed by atoms with Gasteiger partial charge in [-0.2, -0.15) is 0 Å². The minimum atomic E-state index is -0.473. The summed E-state index contributed by atoms with van der Waals surface area (Å²) in [5, 5.41) is 5.32. The Bertz CT molecular complexity index is 634. The molecule has 6 heteroatoms. The van der Waals surface area contributed by atoms with E-state index in [9.17, 15) is 9.59 Å². The second-order valence-electron chi connectivity index (χ2n) is 4.30. The molecule has 6 nitrogen and oxygen atoms in total. The third kappa shape index (κ3) is 2.80. The number of anilines is 1. The lowest BCUT2D eigenvalue weighted by Gasteiger charge is -2.05. The number of amides is 1. The molecule has 1 aromatic carbocycles. The van der Waals surface area contributed by atoms with Gasteiger partial charge in [0.25, 0.3) is 5.91 Å². The van der Waals surface area contributed by atoms with Crippen LogP contribution in [0, 0.1) is 0 Å². The van der Waals surface area contributed by atoms with Gasteiger partial charge in [-0.25, -0.2) is 4.79 Å². The molecule has 0 saturated carbocycles. The van der Waals surface area contributed by atoms with Crippen molar-refractivity contribution in [2.24, 2.45) is 0 Å². The van der Waals surface area contributed by atoms with E-state index in [1.807, 2.05) is 24.3 Å². The maximum absolute atomic E-state index is 12.0. The SMILES string of the molecule is CCOC(=O)c1[nH]c2ccccc2c1NC(=O)C[NH2+]C. The van der Waals surface area contributed by atoms with E-state index in [4.69, 9.17) is 4.74 Å². The van der Waals surface area contributed by atoms with Crippen LogP contribution in [0.25, 0.3) is 10.9 Å². The first-order chi connectivity index (χ1) is 9.67. The Kier molecular flexibility index (Phi) is 4.37. The number of hydrogen-bond acceptors (Lipinski definition) is 3. The zero-order chi connectivity index (χ0) is 14.5. The van der Waals surface area contributed by atoms with Crippen LogP contribution in [0.15, 0.2) is 24.3 Å². The van der Waals surface area contributed by atoms with Crippen LogP contribution in [0.1, 0.15) is 17.4 Å². The van der Waals surface area contributed by atoms with Crippen molar-refractivity contribution < 1.29 is 19.6 Å². The lowest BCUT2D eigenvalue weighted by molar-refractivity contribution is -0.615. The maximum atomic E-state index is 12.0. The summed E-state index contributed by atoms with van der Waals surface area (Å²) in [6.07, 6.45) is 0. The summed E-state index contributed by atoms with van der Waals surface area (Å²) in [5.74, 6) is -0.637. The van der Waals surface area contributed by atoms with Crippen LogP contribution in [0.2, 0.25) is 0 Å². The van der Waals surface area contributed by atoms with E-state index >= 15 is 0 Å². The highest BCUT2D eigenvalue weighted by Gasteiger charge is 2.20. The van der Waals surface area contributed by atoms with Gasteiger partial charge in [0, 0.05) is 10.9 Å². The third-order valence-corrected chi connectivity index (χ3v) is 2.84. The van der Waals surface area contributed by atoms with Gasteiger partial charge in [0.15, 0.2) is 6.54 Å². The fourth-order valence-corrected chi connectivity index (χ4v) is 2.00. The number of rotatable bonds is 5. The largest absolute Gasteiger partial charge is 0.461 e. The molecule has 2 rings (SSSR count). The number of H-pyrrole nitrogens is 1. The molecule has 20 heavy (non-hydrogen) atoms. The number of nitrogens with one attached hydrogen (secondary N) is 2. The Hall–Kier alpha value is -2.34. The average molecular weight is 276 g/mol. The third-order valence-electron chi connectivity index (χ3n) is 2.84. The molecule has 0 spiro atoms. The Morgan fingerprint density at radius 2 is 2.10 bits per heavy atom. The number of quaternary nitrogens is 1. The molecule has 0 aliphatic heterocycles. The quantitative estimate of drug-likeness (QED) is 0.694. The molecule has 106 valence electrons. The van der Waals surface area contributed by atoms with Crippen LogP contribution in [-0.2, 0) is 9.53 Å². The maximum Gasteiger partial charge on any atom is 0.356 e. The molecule has 1 heterocycles. The lowest BCUT2D eigenvalue weighted by Crippen LogP contribution is -2.82. The number of ether oxygens (including phenoxy) is 1. The molecule has 0 aliphatic carbocycles. The van der Waals surface area contributed by atoms with Crippen molar-refractivity contribution in [3.63, 3.8) is 0 Å². The number of likely N-dealkylation sites (N-methyl/N-ethyl adjacent to an activating group) is 1. The Balaban J connectivity index is 2.44. The molecular formula is C14H18N3O3+. The fraction of sp³-hybridized carbons (Fsp3) is 0.286. The molecule has 4 N–H and O–H groups in total. The molecule has 0 bridgehead atoms. The van der Waals surface area contributed by atoms with E-state index in [2.05, 4.69) is 10.3 Å². The summed E-state index contributed by atoms with van der Waals surface area (Å²) in [6.45, 7) is 2.32. The van der Waals surface area contributed by atoms with Gasteiger partial charge >= 0.3 is 5.97 Å². The zero-order valence-corrected chi connectivity index (χ0v) is 11.5. The van der Waals surface area contributed by atoms with Gasteiger partial charge in [-0.05, 0) is 13.0 Å². The molecule has 0 radical (unpaired) electrons. The normalized spacial score (nSPS) is 10.5. The van der Waals surface area contributed by atoms with Gasteiger partial charge in [-0.15, -0.1) is 0 Å². The first kappa shape index (κ1) is 14.1. The smallest absolute Gasteiger partial charge is 0.356 e. The van der Waals surface area contributed by atoms with Gasteiger partial charge in [0.1, 0.15) is 5.69 Å². The van der Waals surface area contributed by atoms with Crippen molar-refractivity contribution in [3.8, 4) is 0 Å². The Labute approximate surface area is 116 Å². The summed E-state index contributed by atoms with van der Waals surface area (Å²) >= 11 is 0. The Morgan fingerprint density at radius 3 is 2.80 bits per heavy atom. The molecule has 0 atom stereocenters. The van der Waals surface area contributed by atoms with Crippen LogP contribution in [-0.4, -0.2) is 37.1 Å². The van der Waals surface area contributed by atoms with Crippen molar-refractivity contribution in [1.29, 1.82) is 0 Å². The lowest BCUT2D eigenvalue weighted by atomic mass is 10.2. The van der Waals surface area contributed by atoms with Gasteiger partial charge in [0.2, 0.25) is 0 Å². The number of aromatic nitrogens is 1. The number of fused-ring (bicyclic) bond motifs is 1. The number of benzene rings is 1. The van der Waals surface area contributed by atoms with E-state index in [1.165, 1.54) is 0 Å². The van der Waals surface area contributed by atoms with Crippen LogP contribution in [0.3, 0.4) is 0 Å². The predicted octanol–water partition coefficient (Wildman–Crippen LogP) is 0.476. The van der Waals surface area contributed by atoms with Crippen molar-refractivity contribution in [2.45, 2.75) is 6.92 Å². The van der Waals surface area contributed by atoms with Crippen LogP contribution >= 0.6 is 0 Å². The van der Waals surface area contributed by atoms with Gasteiger partial charge < -0.3 is 20.4 Å². The van der Waals surface area contributed by atoms with E-state index in [0.29, 0.717) is 12.2 Å². The van der Waals surface area contributed by atoms with E-state index in [0.717, 1.165) is 10.9 Å².